The molecule has 4 atom stereocenters. The zero-order chi connectivity index (χ0) is 19.4. The van der Waals surface area contributed by atoms with Crippen LogP contribution in [-0.4, -0.2) is 51.4 Å². The number of thioether (sulfide) groups is 1. The standard InChI is InChI=1S/C17H27NO4S2Si/c1-8-9-17(14(20)21)15(23)24-13-11(12(19)18(13)17)10(2)22-25(6,7)16(3,4)5/h8,10-11,13H,1,9H2,2-7H3,(H,20,21)/t10?,11?,13-,17?/m1/s1. The van der Waals surface area contributed by atoms with E-state index < -0.39 is 19.8 Å². The first-order chi connectivity index (χ1) is 11.3. The first kappa shape index (κ1) is 20.6. The summed E-state index contributed by atoms with van der Waals surface area (Å²) in [6.07, 6.45) is 1.37. The molecule has 0 saturated carbocycles. The van der Waals surface area contributed by atoms with Crippen molar-refractivity contribution >= 4 is 48.4 Å². The monoisotopic (exact) mass is 401 g/mol. The summed E-state index contributed by atoms with van der Waals surface area (Å²) < 4.78 is 6.71. The summed E-state index contributed by atoms with van der Waals surface area (Å²) in [7, 11) is -2.02. The molecule has 0 aromatic carbocycles. The van der Waals surface area contributed by atoms with Gasteiger partial charge in [0, 0.05) is 6.42 Å². The summed E-state index contributed by atoms with van der Waals surface area (Å²) >= 11 is 6.67. The van der Waals surface area contributed by atoms with Crippen LogP contribution in [0.2, 0.25) is 18.1 Å². The van der Waals surface area contributed by atoms with E-state index in [1.165, 1.54) is 22.7 Å². The molecule has 3 unspecified atom stereocenters. The van der Waals surface area contributed by atoms with Crippen molar-refractivity contribution in [3.8, 4) is 0 Å². The molecule has 0 aromatic rings. The molecule has 25 heavy (non-hydrogen) atoms. The van der Waals surface area contributed by atoms with E-state index in [9.17, 15) is 14.7 Å². The highest BCUT2D eigenvalue weighted by molar-refractivity contribution is 8.24. The molecule has 2 aliphatic heterocycles. The van der Waals surface area contributed by atoms with Gasteiger partial charge < -0.3 is 14.4 Å². The molecule has 1 N–H and O–H groups in total. The van der Waals surface area contributed by atoms with Gasteiger partial charge in [-0.25, -0.2) is 4.79 Å². The van der Waals surface area contributed by atoms with Crippen molar-refractivity contribution < 1.29 is 19.1 Å². The number of aliphatic carboxylic acids is 1. The van der Waals surface area contributed by atoms with E-state index in [2.05, 4.69) is 40.4 Å². The molecular weight excluding hydrogens is 374 g/mol. The Morgan fingerprint density at radius 2 is 2.12 bits per heavy atom. The van der Waals surface area contributed by atoms with Gasteiger partial charge in [-0.15, -0.1) is 6.58 Å². The normalized spacial score (nSPS) is 30.7. The second-order valence-corrected chi connectivity index (χ2v) is 14.8. The summed E-state index contributed by atoms with van der Waals surface area (Å²) in [5, 5.41) is 9.53. The first-order valence-corrected chi connectivity index (χ1v) is 12.6. The van der Waals surface area contributed by atoms with Gasteiger partial charge in [0.2, 0.25) is 5.91 Å². The Morgan fingerprint density at radius 3 is 2.56 bits per heavy atom. The maximum absolute atomic E-state index is 12.9. The van der Waals surface area contributed by atoms with Gasteiger partial charge in [-0.1, -0.05) is 50.8 Å². The molecule has 2 fully saturated rings. The van der Waals surface area contributed by atoms with Crippen LogP contribution in [0.25, 0.3) is 0 Å². The van der Waals surface area contributed by atoms with E-state index in [-0.39, 0.29) is 34.8 Å². The molecule has 140 valence electrons. The summed E-state index contributed by atoms with van der Waals surface area (Å²) in [5.41, 5.74) is -1.45. The number of carboxylic acids is 1. The Hall–Kier alpha value is -0.703. The number of carbonyl (C=O) groups is 2. The van der Waals surface area contributed by atoms with Gasteiger partial charge in [-0.3, -0.25) is 4.79 Å². The van der Waals surface area contributed by atoms with Gasteiger partial charge >= 0.3 is 5.97 Å². The van der Waals surface area contributed by atoms with Crippen LogP contribution in [-0.2, 0) is 14.0 Å². The van der Waals surface area contributed by atoms with Crippen LogP contribution < -0.4 is 0 Å². The molecule has 5 nitrogen and oxygen atoms in total. The number of amides is 1. The molecule has 0 spiro atoms. The van der Waals surface area contributed by atoms with Crippen LogP contribution in [0.3, 0.4) is 0 Å². The van der Waals surface area contributed by atoms with Crippen molar-refractivity contribution in [1.82, 2.24) is 4.90 Å². The third-order valence-corrected chi connectivity index (χ3v) is 12.1. The van der Waals surface area contributed by atoms with Gasteiger partial charge in [0.05, 0.1) is 21.6 Å². The topological polar surface area (TPSA) is 66.8 Å². The fourth-order valence-electron chi connectivity index (χ4n) is 3.14. The summed E-state index contributed by atoms with van der Waals surface area (Å²) in [6.45, 7) is 16.3. The zero-order valence-corrected chi connectivity index (χ0v) is 18.3. The maximum atomic E-state index is 12.9. The molecule has 0 radical (unpaired) electrons. The molecule has 2 aliphatic rings. The van der Waals surface area contributed by atoms with Gasteiger partial charge in [-0.2, -0.15) is 0 Å². The smallest absolute Gasteiger partial charge is 0.336 e. The predicted octanol–water partition coefficient (Wildman–Crippen LogP) is 3.65. The number of fused-ring (bicyclic) bond motifs is 1. The molecule has 1 amide bonds. The van der Waals surface area contributed by atoms with Gasteiger partial charge in [0.15, 0.2) is 13.9 Å². The highest BCUT2D eigenvalue weighted by Gasteiger charge is 2.68. The zero-order valence-electron chi connectivity index (χ0n) is 15.7. The summed E-state index contributed by atoms with van der Waals surface area (Å²) in [4.78, 5) is 26.2. The molecule has 8 heteroatoms. The number of carboxylic acid groups (broad SMARTS) is 1. The van der Waals surface area contributed by atoms with Crippen molar-refractivity contribution in [1.29, 1.82) is 0 Å². The fourth-order valence-corrected chi connectivity index (χ4v) is 6.69. The van der Waals surface area contributed by atoms with Crippen molar-refractivity contribution in [2.75, 3.05) is 0 Å². The highest BCUT2D eigenvalue weighted by atomic mass is 32.2. The Kier molecular flexibility index (Phi) is 5.34. The number of hydrogen-bond donors (Lipinski definition) is 1. The molecule has 0 bridgehead atoms. The molecule has 2 heterocycles. The molecule has 0 aromatic heterocycles. The minimum Gasteiger partial charge on any atom is -0.479 e. The van der Waals surface area contributed by atoms with Crippen LogP contribution in [0, 0.1) is 5.92 Å². The average Bonchev–Trinajstić information content (AvgIpc) is 2.67. The van der Waals surface area contributed by atoms with Crippen LogP contribution in [0.4, 0.5) is 0 Å². The van der Waals surface area contributed by atoms with Crippen molar-refractivity contribution in [2.24, 2.45) is 5.92 Å². The van der Waals surface area contributed by atoms with Crippen molar-refractivity contribution in [3.05, 3.63) is 12.7 Å². The highest BCUT2D eigenvalue weighted by Crippen LogP contribution is 2.53. The number of thiocarbonyl (C=S) groups is 1. The second kappa shape index (κ2) is 6.47. The average molecular weight is 402 g/mol. The number of carbonyl (C=O) groups excluding carboxylic acids is 1. The van der Waals surface area contributed by atoms with Crippen LogP contribution in [0.5, 0.6) is 0 Å². The van der Waals surface area contributed by atoms with E-state index in [1.807, 2.05) is 6.92 Å². The predicted molar refractivity (Wildman–Crippen MR) is 107 cm³/mol. The minimum absolute atomic E-state index is 0.0412. The van der Waals surface area contributed by atoms with Crippen molar-refractivity contribution in [3.63, 3.8) is 0 Å². The Bertz CT molecular complexity index is 631. The third kappa shape index (κ3) is 3.01. The van der Waals surface area contributed by atoms with Gasteiger partial charge in [0.1, 0.15) is 0 Å². The second-order valence-electron chi connectivity index (χ2n) is 8.27. The fraction of sp³-hybridized carbons (Fsp3) is 0.706. The number of nitrogens with zero attached hydrogens (tertiary/aromatic N) is 1. The largest absolute Gasteiger partial charge is 0.479 e. The van der Waals surface area contributed by atoms with Crippen LogP contribution >= 0.6 is 24.0 Å². The Labute approximate surface area is 160 Å². The molecule has 2 rings (SSSR count). The van der Waals surface area contributed by atoms with Crippen LogP contribution in [0.15, 0.2) is 12.7 Å². The van der Waals surface area contributed by atoms with E-state index in [0.717, 1.165) is 0 Å². The SMILES string of the molecule is C=CCC1(C(=O)O)C(=S)S[C@@H]2C(C(C)O[Si](C)(C)C(C)(C)C)C(=O)N21. The van der Waals surface area contributed by atoms with E-state index in [0.29, 0.717) is 4.20 Å². The summed E-state index contributed by atoms with van der Waals surface area (Å²) in [6, 6.07) is 0. The Balaban J connectivity index is 2.25. The quantitative estimate of drug-likeness (QED) is 0.317. The lowest BCUT2D eigenvalue weighted by Gasteiger charge is -2.51. The minimum atomic E-state index is -2.02. The molecular formula is C17H27NO4S2Si. The van der Waals surface area contributed by atoms with E-state index >= 15 is 0 Å². The van der Waals surface area contributed by atoms with Gasteiger partial charge in [-0.05, 0) is 25.1 Å². The molecule has 0 aliphatic carbocycles. The number of rotatable bonds is 6. The lowest BCUT2D eigenvalue weighted by Crippen LogP contribution is -2.70. The van der Waals surface area contributed by atoms with Crippen LogP contribution in [0.1, 0.15) is 34.1 Å². The lowest BCUT2D eigenvalue weighted by atomic mass is 9.84. The molecule has 2 saturated heterocycles. The lowest BCUT2D eigenvalue weighted by molar-refractivity contribution is -0.171. The van der Waals surface area contributed by atoms with Gasteiger partial charge in [0.25, 0.3) is 0 Å². The van der Waals surface area contributed by atoms with E-state index in [4.69, 9.17) is 16.6 Å². The Morgan fingerprint density at radius 1 is 1.56 bits per heavy atom. The van der Waals surface area contributed by atoms with Crippen molar-refractivity contribution in [2.45, 2.75) is 69.3 Å². The van der Waals surface area contributed by atoms with E-state index in [1.54, 1.807) is 0 Å². The first-order valence-electron chi connectivity index (χ1n) is 8.37. The number of β-lactam (4-membered cyclic amide) rings is 1. The summed E-state index contributed by atoms with van der Waals surface area (Å²) in [5.74, 6) is -1.63. The maximum Gasteiger partial charge on any atom is 0.336 e. The third-order valence-electron chi connectivity index (χ3n) is 5.65. The number of hydrogen-bond acceptors (Lipinski definition) is 5.